The van der Waals surface area contributed by atoms with Gasteiger partial charge in [-0.1, -0.05) is 97.2 Å². The van der Waals surface area contributed by atoms with Crippen molar-refractivity contribution in [2.75, 3.05) is 45.1 Å². The van der Waals surface area contributed by atoms with Gasteiger partial charge in [-0.15, -0.1) is 0 Å². The van der Waals surface area contributed by atoms with Crippen molar-refractivity contribution in [3.63, 3.8) is 0 Å². The van der Waals surface area contributed by atoms with Gasteiger partial charge >= 0.3 is 0 Å². The van der Waals surface area contributed by atoms with Crippen LogP contribution in [0.3, 0.4) is 0 Å². The van der Waals surface area contributed by atoms with Gasteiger partial charge in [-0.25, -0.2) is 0 Å². The van der Waals surface area contributed by atoms with E-state index in [-0.39, 0.29) is 76.4 Å². The number of guanidine groups is 1. The fraction of sp³-hybridized carbons (Fsp3) is 0.582. The normalized spacial score (nSPS) is 22.5. The first-order valence-electron chi connectivity index (χ1n) is 28.0. The lowest BCUT2D eigenvalue weighted by atomic mass is 9.85. The first-order chi connectivity index (χ1) is 39.2. The summed E-state index contributed by atoms with van der Waals surface area (Å²) in [5.74, 6) is -7.53. The summed E-state index contributed by atoms with van der Waals surface area (Å²) in [4.78, 5) is 146. The molecule has 2 heterocycles. The number of rotatable bonds is 21. The Hall–Kier alpha value is -7.13. The molecule has 3 unspecified atom stereocenters. The Morgan fingerprint density at radius 3 is 2.09 bits per heavy atom. The number of amides is 10. The smallest absolute Gasteiger partial charge is 0.246 e. The van der Waals surface area contributed by atoms with Crippen LogP contribution in [0, 0.1) is 5.92 Å². The second-order valence-corrected chi connectivity index (χ2v) is 23.8. The van der Waals surface area contributed by atoms with Crippen molar-refractivity contribution in [1.82, 2.24) is 47.4 Å². The van der Waals surface area contributed by atoms with E-state index in [2.05, 4.69) is 47.5 Å². The van der Waals surface area contributed by atoms with Gasteiger partial charge < -0.3 is 75.1 Å². The predicted octanol–water partition coefficient (Wildman–Crippen LogP) is -0.966. The van der Waals surface area contributed by atoms with Crippen LogP contribution in [0.25, 0.3) is 0 Å². The lowest BCUT2D eigenvalue weighted by molar-refractivity contribution is -0.142. The summed E-state index contributed by atoms with van der Waals surface area (Å²) >= 11 is 0. The lowest BCUT2D eigenvalue weighted by Gasteiger charge is -2.37. The molecule has 3 fully saturated rings. The van der Waals surface area contributed by atoms with E-state index in [9.17, 15) is 43.2 Å². The Kier molecular flexibility index (Phi) is 26.5. The molecule has 5 rings (SSSR count). The number of carbonyl (C=O) groups is 10. The number of carbonyl (C=O) groups excluding carboxylic acids is 10. The summed E-state index contributed by atoms with van der Waals surface area (Å²) in [5, 5.41) is 21.8. The third-order valence-corrected chi connectivity index (χ3v) is 17.5. The number of aliphatic imine (C=N–C) groups is 1. The molecule has 1 aliphatic carbocycles. The quantitative estimate of drug-likeness (QED) is 0.0310. The number of nitrogens with one attached hydrogen (secondary N) is 8. The van der Waals surface area contributed by atoms with Crippen LogP contribution >= 0.6 is 21.6 Å². The van der Waals surface area contributed by atoms with E-state index in [1.165, 1.54) is 26.5 Å². The van der Waals surface area contributed by atoms with Crippen molar-refractivity contribution in [3.05, 3.63) is 65.7 Å². The zero-order valence-electron chi connectivity index (χ0n) is 47.0. The maximum atomic E-state index is 15.0. The van der Waals surface area contributed by atoms with Gasteiger partial charge in [0.2, 0.25) is 59.1 Å². The Balaban J connectivity index is 1.51. The van der Waals surface area contributed by atoms with Gasteiger partial charge in [0, 0.05) is 55.9 Å². The van der Waals surface area contributed by atoms with Crippen LogP contribution in [0.15, 0.2) is 59.6 Å². The zero-order chi connectivity index (χ0) is 59.8. The average molecular weight is 1180 g/mol. The summed E-state index contributed by atoms with van der Waals surface area (Å²) in [5.41, 5.74) is 23.5. The van der Waals surface area contributed by atoms with E-state index in [4.69, 9.17) is 27.7 Å². The number of ether oxygens (including phenoxy) is 1. The maximum absolute atomic E-state index is 15.0. The maximum Gasteiger partial charge on any atom is 0.246 e. The van der Waals surface area contributed by atoms with Crippen LogP contribution in [0.4, 0.5) is 0 Å². The Labute approximate surface area is 486 Å². The van der Waals surface area contributed by atoms with Crippen molar-refractivity contribution in [2.45, 2.75) is 151 Å². The van der Waals surface area contributed by atoms with Crippen molar-refractivity contribution in [3.8, 4) is 5.75 Å². The van der Waals surface area contributed by atoms with Gasteiger partial charge in [-0.05, 0) is 74.6 Å². The average Bonchev–Trinajstić information content (AvgIpc) is 3.96. The Morgan fingerprint density at radius 1 is 0.793 bits per heavy atom. The topological polar surface area (TPSA) is 396 Å². The summed E-state index contributed by atoms with van der Waals surface area (Å²) in [7, 11) is 2.60. The molecule has 27 heteroatoms. The van der Waals surface area contributed by atoms with Crippen molar-refractivity contribution in [2.24, 2.45) is 33.8 Å². The van der Waals surface area contributed by atoms with Crippen LogP contribution in [0.2, 0.25) is 0 Å². The van der Waals surface area contributed by atoms with Crippen LogP contribution in [-0.4, -0.2) is 162 Å². The Morgan fingerprint density at radius 2 is 1.44 bits per heavy atom. The SMILES string of the molecule is CCOc1ccc(CC2NC(=O)CC3(CCCCC3)SSCC(C(=O)N3CCC[C@H]3C(=O)N[C@@H](CCCN=C(N)N)C(=O)NCC(=O)NCCN)NC(=O)[C@H](CC(N)=O)NC(=O)[C@H](C(C)C)NC(=O)C(Cc3ccccc3)NC2=O)cc1. The molecule has 16 N–H and O–H groups in total. The molecular weight excluding hydrogens is 1100 g/mol. The lowest BCUT2D eigenvalue weighted by Crippen LogP contribution is -2.61. The molecule has 2 saturated heterocycles. The molecule has 2 aromatic rings. The van der Waals surface area contributed by atoms with Gasteiger partial charge in [-0.3, -0.25) is 52.9 Å². The number of benzene rings is 2. The third kappa shape index (κ3) is 21.0. The predicted molar refractivity (Wildman–Crippen MR) is 312 cm³/mol. The number of hydrogen-bond acceptors (Lipinski definition) is 15. The minimum absolute atomic E-state index is 0.0140. The first kappa shape index (κ1) is 65.7. The Bertz CT molecular complexity index is 2550. The fourth-order valence-corrected chi connectivity index (χ4v) is 13.3. The molecule has 0 bridgehead atoms. The van der Waals surface area contributed by atoms with E-state index in [1.54, 1.807) is 68.4 Å². The molecule has 1 saturated carbocycles. The summed E-state index contributed by atoms with van der Waals surface area (Å²) in [6.07, 6.45) is 3.75. The van der Waals surface area contributed by atoms with Crippen molar-refractivity contribution in [1.29, 1.82) is 0 Å². The molecule has 7 atom stereocenters. The van der Waals surface area contributed by atoms with Crippen molar-refractivity contribution < 1.29 is 52.7 Å². The molecule has 25 nitrogen and oxygen atoms in total. The highest BCUT2D eigenvalue weighted by Gasteiger charge is 2.42. The molecule has 1 spiro atoms. The molecule has 2 aromatic carbocycles. The van der Waals surface area contributed by atoms with E-state index in [1.807, 2.05) is 6.92 Å². The monoisotopic (exact) mass is 1180 g/mol. The molecule has 10 amide bonds. The second-order valence-electron chi connectivity index (χ2n) is 21.0. The van der Waals surface area contributed by atoms with Gasteiger partial charge in [0.15, 0.2) is 5.96 Å². The number of nitrogens with zero attached hydrogens (tertiary/aromatic N) is 2. The highest BCUT2D eigenvalue weighted by molar-refractivity contribution is 8.77. The summed E-state index contributed by atoms with van der Waals surface area (Å²) in [6, 6.07) is 6.83. The minimum atomic E-state index is -1.66. The van der Waals surface area contributed by atoms with Crippen LogP contribution in [0.1, 0.15) is 103 Å². The van der Waals surface area contributed by atoms with E-state index in [0.717, 1.165) is 19.3 Å². The molecule has 3 aliphatic rings. The van der Waals surface area contributed by atoms with E-state index < -0.39 is 125 Å². The van der Waals surface area contributed by atoms with Crippen LogP contribution in [-0.2, 0) is 60.8 Å². The van der Waals surface area contributed by atoms with Gasteiger partial charge in [0.1, 0.15) is 48.0 Å². The molecule has 2 aliphatic heterocycles. The number of likely N-dealkylation sites (tertiary alicyclic amines) is 1. The summed E-state index contributed by atoms with van der Waals surface area (Å²) in [6.45, 7) is 5.74. The standard InChI is InChI=1S/C55H82N14O11S2/c1-4-80-36-19-17-35(18-20-36)28-38-48(74)65-39(27-34-13-7-5-8-14-34)50(76)68-46(33(2)3)52(78)66-40(29-43(57)70)49(75)67-41(32-81-82-55(30-44(71)63-38)21-9-6-10-22-55)53(79)69-26-12-16-42(69)51(77)64-37(15-11-24-61-54(58)59)47(73)62-31-45(72)60-25-23-56/h5,7-8,13-14,17-20,33,37-42,46H,4,6,9-12,15-16,21-32,56H2,1-3H3,(H2,57,70)(H,60,72)(H,62,73)(H,63,71)(H,64,77)(H,65,74)(H,66,78)(H,67,75)(H,68,76)(H4,58,59,61)/t37-,38?,39?,40-,41?,42-,46-/m0/s1. The highest BCUT2D eigenvalue weighted by Crippen LogP contribution is 2.48. The van der Waals surface area contributed by atoms with Gasteiger partial charge in [-0.2, -0.15) is 0 Å². The largest absolute Gasteiger partial charge is 0.494 e. The fourth-order valence-electron chi connectivity index (χ4n) is 9.93. The second kappa shape index (κ2) is 33.1. The molecule has 450 valence electrons. The zero-order valence-corrected chi connectivity index (χ0v) is 48.6. The summed E-state index contributed by atoms with van der Waals surface area (Å²) < 4.78 is 4.93. The highest BCUT2D eigenvalue weighted by atomic mass is 33.1. The molecule has 0 aromatic heterocycles. The number of nitrogens with two attached hydrogens (primary N) is 4. The van der Waals surface area contributed by atoms with Crippen LogP contribution < -0.4 is 70.2 Å². The number of primary amides is 1. The van der Waals surface area contributed by atoms with Crippen molar-refractivity contribution >= 4 is 86.6 Å². The number of hydrogen-bond donors (Lipinski definition) is 12. The molecular formula is C55H82N14O11S2. The van der Waals surface area contributed by atoms with Gasteiger partial charge in [0.25, 0.3) is 0 Å². The van der Waals surface area contributed by atoms with E-state index >= 15 is 4.79 Å². The first-order valence-corrected chi connectivity index (χ1v) is 30.3. The third-order valence-electron chi connectivity index (χ3n) is 14.2. The minimum Gasteiger partial charge on any atom is -0.494 e. The van der Waals surface area contributed by atoms with E-state index in [0.29, 0.717) is 42.7 Å². The molecule has 0 radical (unpaired) electrons. The van der Waals surface area contributed by atoms with Crippen LogP contribution in [0.5, 0.6) is 5.75 Å². The molecule has 82 heavy (non-hydrogen) atoms. The van der Waals surface area contributed by atoms with Gasteiger partial charge in [0.05, 0.1) is 19.6 Å².